The molecule has 256 valence electrons. The van der Waals surface area contributed by atoms with Crippen LogP contribution in [0.2, 0.25) is 0 Å². The quantitative estimate of drug-likeness (QED) is 0.278. The number of aromatic nitrogens is 2. The predicted octanol–water partition coefficient (Wildman–Crippen LogP) is 6.24. The van der Waals surface area contributed by atoms with Crippen molar-refractivity contribution in [1.82, 2.24) is 24.3 Å². The van der Waals surface area contributed by atoms with E-state index < -0.39 is 29.5 Å². The zero-order valence-electron chi connectivity index (χ0n) is 28.9. The summed E-state index contributed by atoms with van der Waals surface area (Å²) < 4.78 is 22.1. The van der Waals surface area contributed by atoms with Crippen molar-refractivity contribution in [3.8, 4) is 5.69 Å². The average molecular weight is 660 g/mol. The number of fused-ring (bicyclic) bond motifs is 3. The molecule has 3 aromatic rings. The van der Waals surface area contributed by atoms with E-state index in [9.17, 15) is 23.6 Å². The van der Waals surface area contributed by atoms with E-state index in [1.54, 1.807) is 50.0 Å². The van der Waals surface area contributed by atoms with Crippen molar-refractivity contribution in [2.45, 2.75) is 104 Å². The number of carbonyl (C=O) groups is 4. The van der Waals surface area contributed by atoms with Crippen LogP contribution in [0, 0.1) is 17.7 Å². The summed E-state index contributed by atoms with van der Waals surface area (Å²) in [6.07, 6.45) is 7.55. The number of hydrogen-bond acceptors (Lipinski definition) is 6. The zero-order valence-corrected chi connectivity index (χ0v) is 28.9. The lowest BCUT2D eigenvalue weighted by atomic mass is 9.96. The van der Waals surface area contributed by atoms with Gasteiger partial charge in [0.15, 0.2) is 5.78 Å². The highest BCUT2D eigenvalue weighted by molar-refractivity contribution is 6.10. The first-order valence-corrected chi connectivity index (χ1v) is 17.1. The van der Waals surface area contributed by atoms with Crippen LogP contribution >= 0.6 is 0 Å². The summed E-state index contributed by atoms with van der Waals surface area (Å²) in [6.45, 7) is 13.8. The van der Waals surface area contributed by atoms with Gasteiger partial charge in [-0.05, 0) is 104 Å². The Balaban J connectivity index is 1.28. The van der Waals surface area contributed by atoms with E-state index in [-0.39, 0.29) is 53.7 Å². The molecule has 11 heteroatoms. The van der Waals surface area contributed by atoms with E-state index in [4.69, 9.17) is 4.74 Å². The second-order valence-electron chi connectivity index (χ2n) is 15.1. The third kappa shape index (κ3) is 6.07. The second-order valence-corrected chi connectivity index (χ2v) is 15.1. The van der Waals surface area contributed by atoms with E-state index in [2.05, 4.69) is 4.98 Å². The highest BCUT2D eigenvalue weighted by atomic mass is 19.1. The van der Waals surface area contributed by atoms with Gasteiger partial charge in [0.1, 0.15) is 17.5 Å². The largest absolute Gasteiger partial charge is 0.444 e. The van der Waals surface area contributed by atoms with Gasteiger partial charge >= 0.3 is 6.09 Å². The lowest BCUT2D eigenvalue weighted by Crippen LogP contribution is -2.54. The average Bonchev–Trinajstić information content (AvgIpc) is 3.82. The van der Waals surface area contributed by atoms with Crippen molar-refractivity contribution in [3.63, 3.8) is 0 Å². The molecule has 4 atom stereocenters. The molecule has 2 aliphatic heterocycles. The highest BCUT2D eigenvalue weighted by Crippen LogP contribution is 2.44. The van der Waals surface area contributed by atoms with Crippen LogP contribution in [0.5, 0.6) is 0 Å². The number of benzene rings is 1. The van der Waals surface area contributed by atoms with Crippen molar-refractivity contribution < 1.29 is 28.3 Å². The van der Waals surface area contributed by atoms with Gasteiger partial charge in [-0.3, -0.25) is 24.3 Å². The van der Waals surface area contributed by atoms with Gasteiger partial charge in [0.25, 0.3) is 5.91 Å². The molecule has 1 aliphatic carbocycles. The number of pyridine rings is 1. The normalized spacial score (nSPS) is 22.3. The lowest BCUT2D eigenvalue weighted by Gasteiger charge is -2.37. The lowest BCUT2D eigenvalue weighted by molar-refractivity contribution is -0.137. The maximum atomic E-state index is 14.6. The Morgan fingerprint density at radius 3 is 2.42 bits per heavy atom. The van der Waals surface area contributed by atoms with Crippen LogP contribution in [0.4, 0.5) is 9.18 Å². The predicted molar refractivity (Wildman–Crippen MR) is 179 cm³/mol. The fourth-order valence-electron chi connectivity index (χ4n) is 8.03. The fourth-order valence-corrected chi connectivity index (χ4v) is 8.03. The molecule has 10 nitrogen and oxygen atoms in total. The Morgan fingerprint density at radius 1 is 1.00 bits per heavy atom. The van der Waals surface area contributed by atoms with Crippen LogP contribution in [0.3, 0.4) is 0 Å². The van der Waals surface area contributed by atoms with Crippen LogP contribution in [0.25, 0.3) is 16.6 Å². The van der Waals surface area contributed by atoms with Crippen molar-refractivity contribution >= 4 is 34.6 Å². The number of ether oxygens (including phenoxy) is 1. The van der Waals surface area contributed by atoms with E-state index >= 15 is 0 Å². The van der Waals surface area contributed by atoms with Gasteiger partial charge in [-0.2, -0.15) is 0 Å². The van der Waals surface area contributed by atoms with E-state index in [0.29, 0.717) is 35.1 Å². The van der Waals surface area contributed by atoms with E-state index in [0.717, 1.165) is 19.3 Å². The Kier molecular flexibility index (Phi) is 8.85. The molecule has 2 bridgehead atoms. The first kappa shape index (κ1) is 33.6. The molecule has 0 N–H and O–H groups in total. The summed E-state index contributed by atoms with van der Waals surface area (Å²) in [4.78, 5) is 64.6. The summed E-state index contributed by atoms with van der Waals surface area (Å²) in [6, 6.07) is 5.07. The standard InChI is InChI=1S/C37H46FN5O5/c1-21(2)42(22(3)4)34(45)28-17-25(38)9-11-30(28)41-20-29(27-12-14-39-18-31(27)41)33(44)24-13-15-40(19-24)35(46)32-23-8-10-26(16-23)43(32)36(47)48-37(5,6)7/h9,11-12,14,17-18,20-24,26,32H,8,10,13,15-16,19H2,1-7H3/t23-,24+,26+,32-/m0/s1. The molecule has 48 heavy (non-hydrogen) atoms. The van der Waals surface area contributed by atoms with Crippen molar-refractivity contribution in [1.29, 1.82) is 0 Å². The molecule has 3 fully saturated rings. The molecule has 4 heterocycles. The molecule has 0 spiro atoms. The third-order valence-corrected chi connectivity index (χ3v) is 9.98. The topological polar surface area (TPSA) is 105 Å². The molecule has 6 rings (SSSR count). The molecule has 1 aromatic carbocycles. The minimum absolute atomic E-state index is 0.00467. The summed E-state index contributed by atoms with van der Waals surface area (Å²) in [5, 5.41) is 0.663. The number of nitrogens with zero attached hydrogens (tertiary/aromatic N) is 5. The van der Waals surface area contributed by atoms with Gasteiger partial charge in [0.2, 0.25) is 5.91 Å². The molecule has 0 unspecified atom stereocenters. The summed E-state index contributed by atoms with van der Waals surface area (Å²) in [7, 11) is 0. The first-order valence-electron chi connectivity index (χ1n) is 17.1. The molecule has 1 saturated carbocycles. The molecule has 2 aromatic heterocycles. The number of hydrogen-bond donors (Lipinski definition) is 0. The van der Waals surface area contributed by atoms with Crippen molar-refractivity contribution in [2.75, 3.05) is 13.1 Å². The van der Waals surface area contributed by atoms with E-state index in [1.165, 1.54) is 12.1 Å². The number of rotatable bonds is 7. The molecule has 3 amide bonds. The van der Waals surface area contributed by atoms with Crippen LogP contribution in [-0.2, 0) is 9.53 Å². The van der Waals surface area contributed by atoms with Gasteiger partial charge in [0, 0.05) is 60.5 Å². The highest BCUT2D eigenvalue weighted by Gasteiger charge is 2.54. The Hall–Kier alpha value is -4.28. The van der Waals surface area contributed by atoms with Gasteiger partial charge in [-0.25, -0.2) is 9.18 Å². The smallest absolute Gasteiger partial charge is 0.411 e. The number of likely N-dealkylation sites (tertiary alicyclic amines) is 2. The molecular weight excluding hydrogens is 613 g/mol. The first-order chi connectivity index (χ1) is 22.7. The zero-order chi connectivity index (χ0) is 34.7. The van der Waals surface area contributed by atoms with Gasteiger partial charge in [-0.1, -0.05) is 0 Å². The van der Waals surface area contributed by atoms with Crippen molar-refractivity contribution in [3.05, 3.63) is 59.8 Å². The Morgan fingerprint density at radius 2 is 1.73 bits per heavy atom. The maximum absolute atomic E-state index is 14.6. The van der Waals surface area contributed by atoms with E-state index in [1.807, 2.05) is 48.5 Å². The van der Waals surface area contributed by atoms with Gasteiger partial charge in [0.05, 0.1) is 23.0 Å². The number of piperidine rings is 1. The Bertz CT molecular complexity index is 1750. The number of halogens is 1. The van der Waals surface area contributed by atoms with Crippen LogP contribution in [-0.4, -0.2) is 90.8 Å². The number of carbonyl (C=O) groups excluding carboxylic acids is 4. The third-order valence-electron chi connectivity index (χ3n) is 9.98. The van der Waals surface area contributed by atoms with Crippen LogP contribution in [0.15, 0.2) is 42.9 Å². The SMILES string of the molecule is CC(C)N(C(=O)c1cc(F)ccc1-n1cc(C(=O)[C@@H]2CCN(C(=O)[C@@H]3[C@H]4CC[C@H](C4)N3C(=O)OC(C)(C)C)C2)c2ccncc21)C(C)C. The van der Waals surface area contributed by atoms with Crippen molar-refractivity contribution in [2.24, 2.45) is 11.8 Å². The number of Topliss-reactive ketones (excluding diaryl/α,β-unsaturated/α-hetero) is 1. The van der Waals surface area contributed by atoms with Gasteiger partial charge < -0.3 is 19.1 Å². The maximum Gasteiger partial charge on any atom is 0.411 e. The van der Waals surface area contributed by atoms with Crippen LogP contribution < -0.4 is 0 Å². The summed E-state index contributed by atoms with van der Waals surface area (Å²) in [5.74, 6) is -1.43. The van der Waals surface area contributed by atoms with Crippen LogP contribution in [0.1, 0.15) is 94.9 Å². The molecular formula is C37H46FN5O5. The minimum atomic E-state index is -0.670. The number of amides is 3. The monoisotopic (exact) mass is 659 g/mol. The number of ketones is 1. The second kappa shape index (κ2) is 12.6. The Labute approximate surface area is 281 Å². The fraction of sp³-hybridized carbons (Fsp3) is 0.541. The molecule has 3 aliphatic rings. The summed E-state index contributed by atoms with van der Waals surface area (Å²) >= 11 is 0. The molecule has 2 saturated heterocycles. The summed E-state index contributed by atoms with van der Waals surface area (Å²) in [5.41, 5.74) is 1.04. The van der Waals surface area contributed by atoms with Gasteiger partial charge in [-0.15, -0.1) is 0 Å². The minimum Gasteiger partial charge on any atom is -0.444 e. The molecule has 0 radical (unpaired) electrons.